The van der Waals surface area contributed by atoms with Crippen molar-refractivity contribution in [2.24, 2.45) is 0 Å². The summed E-state index contributed by atoms with van der Waals surface area (Å²) in [6.45, 7) is 1.94. The van der Waals surface area contributed by atoms with Gasteiger partial charge in [-0.05, 0) is 31.2 Å². The lowest BCUT2D eigenvalue weighted by molar-refractivity contribution is -0.925. The van der Waals surface area contributed by atoms with E-state index in [0.29, 0.717) is 12.3 Å². The first-order valence-corrected chi connectivity index (χ1v) is 12.5. The molecule has 1 aliphatic rings. The first-order chi connectivity index (χ1) is 15.0. The molecule has 1 aliphatic heterocycles. The zero-order chi connectivity index (χ0) is 22.1. The van der Waals surface area contributed by atoms with Crippen LogP contribution in [0.1, 0.15) is 56.6 Å². The number of nitrogens with one attached hydrogen (secondary N) is 1. The Labute approximate surface area is 188 Å². The highest BCUT2D eigenvalue weighted by Gasteiger charge is 2.63. The number of aryl methyl sites for hydroxylation is 1. The second-order valence-corrected chi connectivity index (χ2v) is 9.92. The molecule has 0 bridgehead atoms. The molecule has 2 amide bonds. The van der Waals surface area contributed by atoms with Gasteiger partial charge in [-0.2, -0.15) is 5.43 Å². The number of carbonyl (C=O) groups is 2. The Morgan fingerprint density at radius 3 is 2.16 bits per heavy atom. The van der Waals surface area contributed by atoms with Gasteiger partial charge in [0.1, 0.15) is 12.3 Å². The van der Waals surface area contributed by atoms with Crippen molar-refractivity contribution in [1.82, 2.24) is 5.43 Å². The molecule has 0 aliphatic carbocycles. The molecule has 5 nitrogen and oxygen atoms in total. The molecule has 166 valence electrons. The van der Waals surface area contributed by atoms with Crippen LogP contribution in [0.5, 0.6) is 0 Å². The number of β-lactam (4-membered cyclic amide) rings is 1. The first-order valence-electron chi connectivity index (χ1n) is 11.2. The molecule has 2 aromatic rings. The summed E-state index contributed by atoms with van der Waals surface area (Å²) in [6, 6.07) is 20.2. The minimum Gasteiger partial charge on any atom is -0.611 e. The van der Waals surface area contributed by atoms with Crippen molar-refractivity contribution >= 4 is 23.0 Å². The van der Waals surface area contributed by atoms with E-state index < -0.39 is 11.2 Å². The molecule has 1 N–H and O–H groups in total. The average molecular weight is 442 g/mol. The van der Waals surface area contributed by atoms with Crippen molar-refractivity contribution in [3.63, 3.8) is 0 Å². The van der Waals surface area contributed by atoms with E-state index >= 15 is 0 Å². The van der Waals surface area contributed by atoms with E-state index in [2.05, 4.69) is 29.7 Å². The smallest absolute Gasteiger partial charge is 0.353 e. The third-order valence-corrected chi connectivity index (χ3v) is 7.67. The molecule has 1 heterocycles. The number of hydrogen-bond acceptors (Lipinski definition) is 3. The van der Waals surface area contributed by atoms with E-state index in [1.807, 2.05) is 36.4 Å². The molecule has 3 rings (SSSR count). The Morgan fingerprint density at radius 1 is 0.968 bits per heavy atom. The standard InChI is InChI=1S/C25H32N2O3S/c1-21(28)26-27(18-12-4-2-3-7-13-22-14-8-5-9-15-22)24(29)19-25(27)31(30)20-23-16-10-6-11-17-23/h5-6,8-11,14-17,25H,2-4,7,12-13,18-20H2,1H3/p+1. The highest BCUT2D eigenvalue weighted by molar-refractivity contribution is 7.91. The Kier molecular flexibility index (Phi) is 8.69. The van der Waals surface area contributed by atoms with E-state index in [0.717, 1.165) is 44.1 Å². The van der Waals surface area contributed by atoms with Gasteiger partial charge in [0.15, 0.2) is 6.42 Å². The van der Waals surface area contributed by atoms with E-state index in [1.165, 1.54) is 12.5 Å². The van der Waals surface area contributed by atoms with Gasteiger partial charge in [-0.1, -0.05) is 73.5 Å². The normalized spacial score (nSPS) is 21.4. The number of rotatable bonds is 12. The minimum atomic E-state index is -1.23. The lowest BCUT2D eigenvalue weighted by Crippen LogP contribution is -2.78. The molecule has 0 spiro atoms. The molecule has 1 saturated heterocycles. The van der Waals surface area contributed by atoms with Crippen molar-refractivity contribution in [3.8, 4) is 0 Å². The number of quaternary nitrogens is 1. The minimum absolute atomic E-state index is 0.0364. The van der Waals surface area contributed by atoms with Crippen molar-refractivity contribution in [3.05, 3.63) is 71.8 Å². The van der Waals surface area contributed by atoms with Crippen molar-refractivity contribution < 1.29 is 18.7 Å². The van der Waals surface area contributed by atoms with Gasteiger partial charge in [0.25, 0.3) is 11.3 Å². The van der Waals surface area contributed by atoms with Gasteiger partial charge in [-0.25, -0.2) is 4.79 Å². The summed E-state index contributed by atoms with van der Waals surface area (Å²) >= 11 is -1.23. The van der Waals surface area contributed by atoms with Crippen LogP contribution < -0.4 is 5.43 Å². The SMILES string of the molecule is CC(=O)N[N+]1(CCCCCCCc2ccccc2)C(=O)CC1[S+]([O-])Cc1ccccc1. The fourth-order valence-electron chi connectivity index (χ4n) is 4.25. The molecule has 1 fully saturated rings. The van der Waals surface area contributed by atoms with E-state index in [9.17, 15) is 14.1 Å². The van der Waals surface area contributed by atoms with Crippen LogP contribution in [0.2, 0.25) is 0 Å². The maximum Gasteiger partial charge on any atom is 0.353 e. The van der Waals surface area contributed by atoms with Gasteiger partial charge < -0.3 is 4.55 Å². The lowest BCUT2D eigenvalue weighted by atomic mass is 10.0. The summed E-state index contributed by atoms with van der Waals surface area (Å²) in [4.78, 5) is 24.5. The van der Waals surface area contributed by atoms with Crippen molar-refractivity contribution in [1.29, 1.82) is 0 Å². The van der Waals surface area contributed by atoms with Gasteiger partial charge in [0.2, 0.25) is 0 Å². The second-order valence-electron chi connectivity index (χ2n) is 8.33. The Morgan fingerprint density at radius 2 is 1.55 bits per heavy atom. The maximum atomic E-state index is 13.0. The highest BCUT2D eigenvalue weighted by Crippen LogP contribution is 2.34. The van der Waals surface area contributed by atoms with E-state index in [4.69, 9.17) is 0 Å². The maximum absolute atomic E-state index is 13.0. The van der Waals surface area contributed by atoms with Crippen molar-refractivity contribution in [2.45, 2.75) is 63.0 Å². The molecule has 31 heavy (non-hydrogen) atoms. The Bertz CT molecular complexity index is 846. The number of likely N-dealkylation sites (tertiary alicyclic amines) is 1. The summed E-state index contributed by atoms with van der Waals surface area (Å²) in [7, 11) is 0. The summed E-state index contributed by atoms with van der Waals surface area (Å²) in [5.41, 5.74) is 5.19. The van der Waals surface area contributed by atoms with Crippen LogP contribution >= 0.6 is 0 Å². The third kappa shape index (κ3) is 6.42. The number of amides is 2. The van der Waals surface area contributed by atoms with Crippen LogP contribution in [0.15, 0.2) is 60.7 Å². The summed E-state index contributed by atoms with van der Waals surface area (Å²) in [6.07, 6.45) is 6.57. The molecule has 0 radical (unpaired) electrons. The number of nitrogens with zero attached hydrogens (tertiary/aromatic N) is 1. The topological polar surface area (TPSA) is 69.2 Å². The Hall–Kier alpha value is -2.15. The monoisotopic (exact) mass is 441 g/mol. The van der Waals surface area contributed by atoms with Gasteiger partial charge >= 0.3 is 5.91 Å². The predicted molar refractivity (Wildman–Crippen MR) is 124 cm³/mol. The van der Waals surface area contributed by atoms with Gasteiger partial charge in [-0.3, -0.25) is 4.79 Å². The van der Waals surface area contributed by atoms with E-state index in [-0.39, 0.29) is 28.2 Å². The van der Waals surface area contributed by atoms with Gasteiger partial charge in [0, 0.05) is 23.7 Å². The average Bonchev–Trinajstić information content (AvgIpc) is 2.77. The fourth-order valence-corrected chi connectivity index (χ4v) is 5.97. The molecule has 2 aromatic carbocycles. The predicted octanol–water partition coefficient (Wildman–Crippen LogP) is 4.25. The van der Waals surface area contributed by atoms with Crippen molar-refractivity contribution in [2.75, 3.05) is 6.54 Å². The molecule has 3 unspecified atom stereocenters. The quantitative estimate of drug-likeness (QED) is 0.232. The van der Waals surface area contributed by atoms with Crippen LogP contribution in [0.25, 0.3) is 0 Å². The molecule has 0 saturated carbocycles. The zero-order valence-corrected chi connectivity index (χ0v) is 19.1. The second kappa shape index (κ2) is 11.5. The largest absolute Gasteiger partial charge is 0.611 e. The summed E-state index contributed by atoms with van der Waals surface area (Å²) < 4.78 is 12.9. The molecule has 0 aromatic heterocycles. The van der Waals surface area contributed by atoms with Crippen LogP contribution in [0.3, 0.4) is 0 Å². The highest BCUT2D eigenvalue weighted by atomic mass is 32.2. The summed E-state index contributed by atoms with van der Waals surface area (Å²) in [5.74, 6) is 0.112. The molecule has 6 heteroatoms. The number of unbranched alkanes of at least 4 members (excludes halogenated alkanes) is 4. The number of hydrogen-bond donors (Lipinski definition) is 1. The van der Waals surface area contributed by atoms with Crippen LogP contribution in [0.4, 0.5) is 0 Å². The summed E-state index contributed by atoms with van der Waals surface area (Å²) in [5, 5.41) is -0.366. The molecule has 3 atom stereocenters. The third-order valence-electron chi connectivity index (χ3n) is 5.92. The lowest BCUT2D eigenvalue weighted by Gasteiger charge is -2.46. The van der Waals surface area contributed by atoms with Crippen LogP contribution in [0, 0.1) is 0 Å². The van der Waals surface area contributed by atoms with Gasteiger partial charge in [0.05, 0.1) is 0 Å². The first kappa shape index (κ1) is 23.5. The molecular weight excluding hydrogens is 408 g/mol. The zero-order valence-electron chi connectivity index (χ0n) is 18.3. The van der Waals surface area contributed by atoms with Gasteiger partial charge in [-0.15, -0.1) is 4.59 Å². The number of carbonyl (C=O) groups excluding carboxylic acids is 2. The van der Waals surface area contributed by atoms with E-state index in [1.54, 1.807) is 0 Å². The van der Waals surface area contributed by atoms with Crippen LogP contribution in [-0.4, -0.2) is 32.9 Å². The van der Waals surface area contributed by atoms with Crippen LogP contribution in [-0.2, 0) is 32.9 Å². The molecular formula is C25H33N2O3S+. The fraction of sp³-hybridized carbons (Fsp3) is 0.440. The number of benzene rings is 2. The Balaban J connectivity index is 1.48.